The van der Waals surface area contributed by atoms with Gasteiger partial charge in [0, 0.05) is 43.2 Å². The molecule has 3 N–H and O–H groups in total. The number of nitrogens with one attached hydrogen (secondary N) is 1. The first kappa shape index (κ1) is 16.3. The second-order valence-electron chi connectivity index (χ2n) is 5.48. The van der Waals surface area contributed by atoms with Gasteiger partial charge in [0.1, 0.15) is 0 Å². The predicted molar refractivity (Wildman–Crippen MR) is 90.7 cm³/mol. The number of thioether (sulfide) groups is 1. The monoisotopic (exact) mass is 307 g/mol. The lowest BCUT2D eigenvalue weighted by Crippen LogP contribution is -2.31. The van der Waals surface area contributed by atoms with E-state index >= 15 is 0 Å². The van der Waals surface area contributed by atoms with E-state index in [1.165, 1.54) is 30.2 Å². The zero-order valence-electron chi connectivity index (χ0n) is 12.7. The lowest BCUT2D eigenvalue weighted by Gasteiger charge is -2.26. The summed E-state index contributed by atoms with van der Waals surface area (Å²) in [5, 5.41) is 2.96. The Kier molecular flexibility index (Phi) is 6.54. The summed E-state index contributed by atoms with van der Waals surface area (Å²) in [4.78, 5) is 14.2. The molecule has 1 amide bonds. The van der Waals surface area contributed by atoms with Gasteiger partial charge < -0.3 is 11.1 Å². The molecule has 1 aromatic rings. The standard InChI is InChI=1S/C16H25N3OS/c1-13-11-14(12-19-7-9-21-10-8-19)4-5-15(13)18-16(20)3-2-6-17/h4-5,11H,2-3,6-10,12,17H2,1H3,(H,18,20). The highest BCUT2D eigenvalue weighted by Gasteiger charge is 2.11. The fraction of sp³-hybridized carbons (Fsp3) is 0.562. The molecule has 1 saturated heterocycles. The zero-order chi connectivity index (χ0) is 15.1. The number of anilines is 1. The first-order chi connectivity index (χ1) is 10.2. The molecule has 0 radical (unpaired) electrons. The van der Waals surface area contributed by atoms with Gasteiger partial charge in [-0.25, -0.2) is 0 Å². The zero-order valence-corrected chi connectivity index (χ0v) is 13.5. The third-order valence-corrected chi connectivity index (χ3v) is 4.63. The van der Waals surface area contributed by atoms with Gasteiger partial charge in [0.05, 0.1) is 0 Å². The number of nitrogens with two attached hydrogens (primary N) is 1. The van der Waals surface area contributed by atoms with Crippen LogP contribution >= 0.6 is 11.8 Å². The summed E-state index contributed by atoms with van der Waals surface area (Å²) in [6.07, 6.45) is 1.22. The van der Waals surface area contributed by atoms with Crippen LogP contribution in [0.3, 0.4) is 0 Å². The van der Waals surface area contributed by atoms with E-state index in [2.05, 4.69) is 22.3 Å². The second kappa shape index (κ2) is 8.41. The van der Waals surface area contributed by atoms with Gasteiger partial charge in [0.25, 0.3) is 0 Å². The van der Waals surface area contributed by atoms with Gasteiger partial charge in [0.2, 0.25) is 5.91 Å². The van der Waals surface area contributed by atoms with Crippen LogP contribution in [-0.2, 0) is 11.3 Å². The maximum atomic E-state index is 11.7. The molecule has 0 bridgehead atoms. The van der Waals surface area contributed by atoms with Gasteiger partial charge in [-0.3, -0.25) is 9.69 Å². The maximum absolute atomic E-state index is 11.7. The fourth-order valence-electron chi connectivity index (χ4n) is 2.46. The fourth-order valence-corrected chi connectivity index (χ4v) is 3.44. The molecule has 5 heteroatoms. The minimum atomic E-state index is 0.0457. The molecular weight excluding hydrogens is 282 g/mol. The highest BCUT2D eigenvalue weighted by molar-refractivity contribution is 7.99. The van der Waals surface area contributed by atoms with Gasteiger partial charge in [-0.1, -0.05) is 12.1 Å². The van der Waals surface area contributed by atoms with E-state index in [9.17, 15) is 4.79 Å². The van der Waals surface area contributed by atoms with Crippen molar-refractivity contribution in [1.82, 2.24) is 4.90 Å². The molecule has 0 atom stereocenters. The summed E-state index contributed by atoms with van der Waals surface area (Å²) < 4.78 is 0. The van der Waals surface area contributed by atoms with Crippen LogP contribution in [0, 0.1) is 6.92 Å². The van der Waals surface area contributed by atoms with Crippen molar-refractivity contribution in [2.75, 3.05) is 36.5 Å². The second-order valence-corrected chi connectivity index (χ2v) is 6.70. The largest absolute Gasteiger partial charge is 0.330 e. The van der Waals surface area contributed by atoms with Crippen LogP contribution in [0.1, 0.15) is 24.0 Å². The van der Waals surface area contributed by atoms with E-state index in [0.717, 1.165) is 24.2 Å². The van der Waals surface area contributed by atoms with Gasteiger partial charge >= 0.3 is 0 Å². The van der Waals surface area contributed by atoms with Crippen LogP contribution in [0.4, 0.5) is 5.69 Å². The van der Waals surface area contributed by atoms with Crippen LogP contribution in [-0.4, -0.2) is 41.9 Å². The third kappa shape index (κ3) is 5.34. The predicted octanol–water partition coefficient (Wildman–Crippen LogP) is 2.22. The Morgan fingerprint density at radius 3 is 2.81 bits per heavy atom. The molecule has 1 aliphatic rings. The van der Waals surface area contributed by atoms with Crippen LogP contribution in [0.15, 0.2) is 18.2 Å². The number of rotatable bonds is 6. The van der Waals surface area contributed by atoms with Gasteiger partial charge in [-0.05, 0) is 37.1 Å². The number of aryl methyl sites for hydroxylation is 1. The van der Waals surface area contributed by atoms with Crippen molar-refractivity contribution in [3.8, 4) is 0 Å². The molecule has 1 aromatic carbocycles. The first-order valence-electron chi connectivity index (χ1n) is 7.58. The third-order valence-electron chi connectivity index (χ3n) is 3.68. The number of carbonyl (C=O) groups excluding carboxylic acids is 1. The van der Waals surface area contributed by atoms with Crippen molar-refractivity contribution >= 4 is 23.4 Å². The number of nitrogens with zero attached hydrogens (tertiary/aromatic N) is 1. The van der Waals surface area contributed by atoms with Crippen LogP contribution < -0.4 is 11.1 Å². The Labute approximate surface area is 131 Å². The molecule has 0 aliphatic carbocycles. The summed E-state index contributed by atoms with van der Waals surface area (Å²) in [6.45, 7) is 5.94. The molecule has 21 heavy (non-hydrogen) atoms. The maximum Gasteiger partial charge on any atom is 0.224 e. The quantitative estimate of drug-likeness (QED) is 0.846. The van der Waals surface area contributed by atoms with E-state index in [1.807, 2.05) is 24.8 Å². The molecule has 0 saturated carbocycles. The number of hydrogen-bond acceptors (Lipinski definition) is 4. The molecule has 0 unspecified atom stereocenters. The molecule has 1 heterocycles. The Bertz CT molecular complexity index is 473. The normalized spacial score (nSPS) is 15.9. The average molecular weight is 307 g/mol. The Balaban J connectivity index is 1.91. The van der Waals surface area contributed by atoms with Crippen molar-refractivity contribution in [3.63, 3.8) is 0 Å². The summed E-state index contributed by atoms with van der Waals surface area (Å²) in [5.41, 5.74) is 8.78. The van der Waals surface area contributed by atoms with Gasteiger partial charge in [-0.15, -0.1) is 0 Å². The summed E-state index contributed by atoms with van der Waals surface area (Å²) >= 11 is 2.03. The smallest absolute Gasteiger partial charge is 0.224 e. The topological polar surface area (TPSA) is 58.4 Å². The van der Waals surface area contributed by atoms with Crippen molar-refractivity contribution in [2.24, 2.45) is 5.73 Å². The molecule has 0 spiro atoms. The lowest BCUT2D eigenvalue weighted by molar-refractivity contribution is -0.116. The SMILES string of the molecule is Cc1cc(CN2CCSCC2)ccc1NC(=O)CCCN. The first-order valence-corrected chi connectivity index (χ1v) is 8.74. The van der Waals surface area contributed by atoms with E-state index in [0.29, 0.717) is 13.0 Å². The Hall–Kier alpha value is -1.04. The van der Waals surface area contributed by atoms with E-state index in [1.54, 1.807) is 0 Å². The van der Waals surface area contributed by atoms with Crippen LogP contribution in [0.5, 0.6) is 0 Å². The van der Waals surface area contributed by atoms with Crippen molar-refractivity contribution in [1.29, 1.82) is 0 Å². The minimum absolute atomic E-state index is 0.0457. The summed E-state index contributed by atoms with van der Waals surface area (Å²) in [6, 6.07) is 6.32. The van der Waals surface area contributed by atoms with Gasteiger partial charge in [0.15, 0.2) is 0 Å². The summed E-state index contributed by atoms with van der Waals surface area (Å²) in [5.74, 6) is 2.51. The van der Waals surface area contributed by atoms with Crippen LogP contribution in [0.25, 0.3) is 0 Å². The number of carbonyl (C=O) groups is 1. The molecular formula is C16H25N3OS. The molecule has 2 rings (SSSR count). The number of benzene rings is 1. The number of amides is 1. The molecule has 116 valence electrons. The highest BCUT2D eigenvalue weighted by atomic mass is 32.2. The molecule has 1 fully saturated rings. The van der Waals surface area contributed by atoms with E-state index in [4.69, 9.17) is 5.73 Å². The van der Waals surface area contributed by atoms with E-state index < -0.39 is 0 Å². The Morgan fingerprint density at radius 1 is 1.38 bits per heavy atom. The molecule has 0 aromatic heterocycles. The van der Waals surface area contributed by atoms with Crippen molar-refractivity contribution < 1.29 is 4.79 Å². The molecule has 1 aliphatic heterocycles. The lowest BCUT2D eigenvalue weighted by atomic mass is 10.1. The Morgan fingerprint density at radius 2 is 2.14 bits per heavy atom. The minimum Gasteiger partial charge on any atom is -0.330 e. The van der Waals surface area contributed by atoms with Crippen LogP contribution in [0.2, 0.25) is 0 Å². The number of hydrogen-bond donors (Lipinski definition) is 2. The highest BCUT2D eigenvalue weighted by Crippen LogP contribution is 2.19. The van der Waals surface area contributed by atoms with Crippen molar-refractivity contribution in [3.05, 3.63) is 29.3 Å². The van der Waals surface area contributed by atoms with Gasteiger partial charge in [-0.2, -0.15) is 11.8 Å². The molecule has 4 nitrogen and oxygen atoms in total. The van der Waals surface area contributed by atoms with Crippen molar-refractivity contribution in [2.45, 2.75) is 26.3 Å². The van der Waals surface area contributed by atoms with E-state index in [-0.39, 0.29) is 5.91 Å². The average Bonchev–Trinajstić information content (AvgIpc) is 2.49. The summed E-state index contributed by atoms with van der Waals surface area (Å²) in [7, 11) is 0.